The Morgan fingerprint density at radius 1 is 1.13 bits per heavy atom. The van der Waals surface area contributed by atoms with E-state index in [1.54, 1.807) is 42.2 Å². The van der Waals surface area contributed by atoms with Gasteiger partial charge in [0.05, 0.1) is 30.8 Å². The zero-order valence-electron chi connectivity index (χ0n) is 17.3. The van der Waals surface area contributed by atoms with Crippen molar-refractivity contribution in [2.24, 2.45) is 0 Å². The van der Waals surface area contributed by atoms with E-state index in [0.717, 1.165) is 5.56 Å². The fourth-order valence-electron chi connectivity index (χ4n) is 3.40. The first kappa shape index (κ1) is 21.2. The third-order valence-corrected chi connectivity index (χ3v) is 4.88. The van der Waals surface area contributed by atoms with Gasteiger partial charge in [-0.25, -0.2) is 0 Å². The molecule has 158 valence electrons. The largest absolute Gasteiger partial charge is 0.495 e. The van der Waals surface area contributed by atoms with Crippen LogP contribution in [0.15, 0.2) is 36.4 Å². The number of amides is 2. The lowest BCUT2D eigenvalue weighted by Gasteiger charge is -2.26. The number of nitrogens with zero attached hydrogens (tertiary/aromatic N) is 2. The lowest BCUT2D eigenvalue weighted by atomic mass is 10.1. The first-order valence-corrected chi connectivity index (χ1v) is 9.67. The van der Waals surface area contributed by atoms with Crippen LogP contribution in [0.4, 0.5) is 17.1 Å². The summed E-state index contributed by atoms with van der Waals surface area (Å²) in [5.41, 5.74) is 8.63. The summed E-state index contributed by atoms with van der Waals surface area (Å²) in [6.07, 6.45) is 0.0744. The molecule has 1 aliphatic heterocycles. The van der Waals surface area contributed by atoms with Crippen molar-refractivity contribution < 1.29 is 23.9 Å². The van der Waals surface area contributed by atoms with Gasteiger partial charge in [-0.05, 0) is 49.7 Å². The first-order valence-electron chi connectivity index (χ1n) is 9.67. The molecule has 2 aromatic carbocycles. The lowest BCUT2D eigenvalue weighted by molar-refractivity contribution is -0.142. The van der Waals surface area contributed by atoms with E-state index in [9.17, 15) is 14.4 Å². The number of carbonyl (C=O) groups is 3. The van der Waals surface area contributed by atoms with Crippen LogP contribution in [0.25, 0.3) is 0 Å². The van der Waals surface area contributed by atoms with Crippen LogP contribution >= 0.6 is 0 Å². The number of aryl methyl sites for hydroxylation is 1. The van der Waals surface area contributed by atoms with Gasteiger partial charge >= 0.3 is 5.97 Å². The van der Waals surface area contributed by atoms with E-state index in [2.05, 4.69) is 0 Å². The second-order valence-electron chi connectivity index (χ2n) is 6.94. The number of hydrogen-bond acceptors (Lipinski definition) is 6. The summed E-state index contributed by atoms with van der Waals surface area (Å²) < 4.78 is 10.2. The number of methoxy groups -OCH3 is 1. The second-order valence-corrected chi connectivity index (χ2v) is 6.94. The highest BCUT2D eigenvalue weighted by Crippen LogP contribution is 2.35. The Balaban J connectivity index is 2.03. The van der Waals surface area contributed by atoms with E-state index in [1.807, 2.05) is 13.0 Å². The average Bonchev–Trinajstić information content (AvgIpc) is 2.85. The van der Waals surface area contributed by atoms with Gasteiger partial charge in [0.1, 0.15) is 12.3 Å². The van der Waals surface area contributed by atoms with Gasteiger partial charge in [0, 0.05) is 18.5 Å². The van der Waals surface area contributed by atoms with Crippen LogP contribution in [0.5, 0.6) is 5.75 Å². The predicted octanol–water partition coefficient (Wildman–Crippen LogP) is 2.53. The predicted molar refractivity (Wildman–Crippen MR) is 114 cm³/mol. The Labute approximate surface area is 175 Å². The van der Waals surface area contributed by atoms with Crippen molar-refractivity contribution in [3.05, 3.63) is 47.5 Å². The number of rotatable bonds is 5. The number of hydrogen-bond donors (Lipinski definition) is 1. The molecule has 0 aliphatic carbocycles. The Morgan fingerprint density at radius 2 is 1.90 bits per heavy atom. The molecule has 2 N–H and O–H groups in total. The van der Waals surface area contributed by atoms with Crippen molar-refractivity contribution >= 4 is 34.8 Å². The molecule has 0 saturated heterocycles. The molecule has 0 radical (unpaired) electrons. The number of nitrogens with two attached hydrogens (primary N) is 1. The highest BCUT2D eigenvalue weighted by molar-refractivity contribution is 6.12. The molecule has 8 nitrogen and oxygen atoms in total. The quantitative estimate of drug-likeness (QED) is 0.599. The van der Waals surface area contributed by atoms with Gasteiger partial charge in [0.15, 0.2) is 0 Å². The molecule has 3 rings (SSSR count). The highest BCUT2D eigenvalue weighted by atomic mass is 16.5. The minimum Gasteiger partial charge on any atom is -0.495 e. The van der Waals surface area contributed by atoms with Crippen LogP contribution < -0.4 is 20.3 Å². The Kier molecular flexibility index (Phi) is 6.25. The molecule has 0 atom stereocenters. The molecule has 8 heteroatoms. The van der Waals surface area contributed by atoms with E-state index in [4.69, 9.17) is 15.2 Å². The summed E-state index contributed by atoms with van der Waals surface area (Å²) in [6.45, 7) is 3.79. The van der Waals surface area contributed by atoms with E-state index < -0.39 is 5.97 Å². The van der Waals surface area contributed by atoms with Gasteiger partial charge in [-0.3, -0.25) is 19.3 Å². The van der Waals surface area contributed by atoms with Crippen molar-refractivity contribution in [1.29, 1.82) is 0 Å². The van der Waals surface area contributed by atoms with E-state index in [1.165, 1.54) is 12.0 Å². The standard InChI is InChI=1S/C22H25N3O5/c1-4-30-21(27)13-25-18-11-14(2)5-8-17(18)24(10-9-20(25)26)22(28)15-6-7-16(23)19(12-15)29-3/h5-8,11-12H,4,9-10,13,23H2,1-3H3. The number of carbonyl (C=O) groups excluding carboxylic acids is 3. The minimum atomic E-state index is -0.499. The number of esters is 1. The highest BCUT2D eigenvalue weighted by Gasteiger charge is 2.31. The normalized spacial score (nSPS) is 13.5. The molecule has 1 aliphatic rings. The minimum absolute atomic E-state index is 0.0744. The van der Waals surface area contributed by atoms with Crippen molar-refractivity contribution in [3.63, 3.8) is 0 Å². The fraction of sp³-hybridized carbons (Fsp3) is 0.318. The van der Waals surface area contributed by atoms with E-state index in [0.29, 0.717) is 28.4 Å². The first-order chi connectivity index (χ1) is 14.3. The van der Waals surface area contributed by atoms with Crippen LogP contribution in [0.1, 0.15) is 29.3 Å². The summed E-state index contributed by atoms with van der Waals surface area (Å²) >= 11 is 0. The zero-order chi connectivity index (χ0) is 21.8. The number of benzene rings is 2. The van der Waals surface area contributed by atoms with Gasteiger partial charge in [0.2, 0.25) is 5.91 Å². The van der Waals surface area contributed by atoms with Crippen LogP contribution in [-0.4, -0.2) is 44.6 Å². The summed E-state index contributed by atoms with van der Waals surface area (Å²) in [4.78, 5) is 41.2. The Hall–Kier alpha value is -3.55. The number of fused-ring (bicyclic) bond motifs is 1. The number of ether oxygens (including phenoxy) is 2. The van der Waals surface area contributed by atoms with Crippen LogP contribution in [0, 0.1) is 6.92 Å². The molecule has 0 aromatic heterocycles. The maximum Gasteiger partial charge on any atom is 0.326 e. The molecule has 30 heavy (non-hydrogen) atoms. The monoisotopic (exact) mass is 411 g/mol. The molecule has 0 fully saturated rings. The molecule has 1 heterocycles. The Bertz CT molecular complexity index is 989. The molecule has 0 bridgehead atoms. The summed E-state index contributed by atoms with van der Waals surface area (Å²) in [6, 6.07) is 10.3. The van der Waals surface area contributed by atoms with Crippen molar-refractivity contribution in [2.45, 2.75) is 20.3 Å². The summed E-state index contributed by atoms with van der Waals surface area (Å²) in [7, 11) is 1.48. The van der Waals surface area contributed by atoms with Crippen LogP contribution in [0.2, 0.25) is 0 Å². The third-order valence-electron chi connectivity index (χ3n) is 4.88. The van der Waals surface area contributed by atoms with Gasteiger partial charge in [-0.1, -0.05) is 6.07 Å². The van der Waals surface area contributed by atoms with E-state index >= 15 is 0 Å². The van der Waals surface area contributed by atoms with Crippen LogP contribution in [-0.2, 0) is 14.3 Å². The lowest BCUT2D eigenvalue weighted by Crippen LogP contribution is -2.36. The average molecular weight is 411 g/mol. The molecular weight excluding hydrogens is 386 g/mol. The molecular formula is C22H25N3O5. The maximum atomic E-state index is 13.3. The van der Waals surface area contributed by atoms with Gasteiger partial charge in [-0.15, -0.1) is 0 Å². The summed E-state index contributed by atoms with van der Waals surface area (Å²) in [5, 5.41) is 0. The van der Waals surface area contributed by atoms with Gasteiger partial charge < -0.3 is 20.1 Å². The SMILES string of the molecule is CCOC(=O)CN1C(=O)CCN(C(=O)c2ccc(N)c(OC)c2)c2ccc(C)cc21. The number of nitrogen functional groups attached to an aromatic ring is 1. The number of anilines is 3. The fourth-order valence-corrected chi connectivity index (χ4v) is 3.40. The maximum absolute atomic E-state index is 13.3. The van der Waals surface area contributed by atoms with Crippen molar-refractivity contribution in [3.8, 4) is 5.75 Å². The van der Waals surface area contributed by atoms with Gasteiger partial charge in [-0.2, -0.15) is 0 Å². The molecule has 0 saturated carbocycles. The van der Waals surface area contributed by atoms with Crippen molar-refractivity contribution in [2.75, 3.05) is 42.3 Å². The molecule has 2 amide bonds. The van der Waals surface area contributed by atoms with Gasteiger partial charge in [0.25, 0.3) is 5.91 Å². The van der Waals surface area contributed by atoms with Crippen molar-refractivity contribution in [1.82, 2.24) is 0 Å². The summed E-state index contributed by atoms with van der Waals surface area (Å²) in [5.74, 6) is -0.634. The van der Waals surface area contributed by atoms with E-state index in [-0.39, 0.29) is 37.9 Å². The zero-order valence-corrected chi connectivity index (χ0v) is 17.3. The Morgan fingerprint density at radius 3 is 2.60 bits per heavy atom. The molecule has 0 unspecified atom stereocenters. The molecule has 2 aromatic rings. The third kappa shape index (κ3) is 4.22. The van der Waals surface area contributed by atoms with Crippen LogP contribution in [0.3, 0.4) is 0 Å². The second kappa shape index (κ2) is 8.86. The topological polar surface area (TPSA) is 102 Å². The molecule has 0 spiro atoms. The smallest absolute Gasteiger partial charge is 0.326 e.